The molecule has 0 unspecified atom stereocenters. The average molecular weight is 453 g/mol. The van der Waals surface area contributed by atoms with E-state index in [4.69, 9.17) is 9.47 Å². The Balaban J connectivity index is 1.82. The number of benzene rings is 2. The summed E-state index contributed by atoms with van der Waals surface area (Å²) in [5.74, 6) is -0.503. The summed E-state index contributed by atoms with van der Waals surface area (Å²) in [4.78, 5) is 42.2. The Bertz CT molecular complexity index is 932. The van der Waals surface area contributed by atoms with E-state index in [-0.39, 0.29) is 31.5 Å². The van der Waals surface area contributed by atoms with Crippen LogP contribution >= 0.6 is 0 Å². The Labute approximate surface area is 195 Å². The van der Waals surface area contributed by atoms with Gasteiger partial charge in [0, 0.05) is 19.5 Å². The van der Waals surface area contributed by atoms with Gasteiger partial charge < -0.3 is 14.4 Å². The van der Waals surface area contributed by atoms with Crippen LogP contribution in [0.4, 0.5) is 4.79 Å². The highest BCUT2D eigenvalue weighted by Crippen LogP contribution is 2.23. The third-order valence-corrected chi connectivity index (χ3v) is 5.78. The molecule has 2 aromatic carbocycles. The lowest BCUT2D eigenvalue weighted by atomic mass is 9.97. The molecule has 0 spiro atoms. The van der Waals surface area contributed by atoms with Crippen molar-refractivity contribution in [3.8, 4) is 0 Å². The summed E-state index contributed by atoms with van der Waals surface area (Å²) in [6, 6.07) is 17.5. The second-order valence-electron chi connectivity index (χ2n) is 8.64. The number of piperazine rings is 1. The molecule has 7 nitrogen and oxygen atoms in total. The largest absolute Gasteiger partial charge is 0.467 e. The Kier molecular flexibility index (Phi) is 8.46. The summed E-state index contributed by atoms with van der Waals surface area (Å²) in [6.45, 7) is 4.65. The van der Waals surface area contributed by atoms with Gasteiger partial charge in [-0.3, -0.25) is 9.69 Å². The summed E-state index contributed by atoms with van der Waals surface area (Å²) in [5.41, 5.74) is 1.80. The SMILES string of the molecule is COC(=O)[C@H](CC(C)C)N1CCN(C(=O)OCc2ccccc2)[C@H](Cc2ccccc2)C1=O. The first-order chi connectivity index (χ1) is 15.9. The predicted molar refractivity (Wildman–Crippen MR) is 124 cm³/mol. The first-order valence-corrected chi connectivity index (χ1v) is 11.3. The second-order valence-corrected chi connectivity index (χ2v) is 8.64. The maximum atomic E-state index is 13.6. The number of amides is 2. The molecule has 1 saturated heterocycles. The monoisotopic (exact) mass is 452 g/mol. The average Bonchev–Trinajstić information content (AvgIpc) is 2.83. The third-order valence-electron chi connectivity index (χ3n) is 5.78. The zero-order valence-electron chi connectivity index (χ0n) is 19.5. The van der Waals surface area contributed by atoms with E-state index in [1.807, 2.05) is 74.5 Å². The summed E-state index contributed by atoms with van der Waals surface area (Å²) in [7, 11) is 1.33. The van der Waals surface area contributed by atoms with Crippen molar-refractivity contribution in [1.82, 2.24) is 9.80 Å². The van der Waals surface area contributed by atoms with E-state index in [0.29, 0.717) is 12.8 Å². The molecule has 0 aliphatic carbocycles. The number of hydrogen-bond donors (Lipinski definition) is 0. The van der Waals surface area contributed by atoms with Crippen molar-refractivity contribution in [2.45, 2.75) is 45.4 Å². The van der Waals surface area contributed by atoms with Gasteiger partial charge in [0.2, 0.25) is 5.91 Å². The molecule has 7 heteroatoms. The van der Waals surface area contributed by atoms with Gasteiger partial charge in [-0.1, -0.05) is 74.5 Å². The van der Waals surface area contributed by atoms with Gasteiger partial charge in [-0.25, -0.2) is 9.59 Å². The van der Waals surface area contributed by atoms with Gasteiger partial charge in [0.25, 0.3) is 0 Å². The van der Waals surface area contributed by atoms with Crippen molar-refractivity contribution < 1.29 is 23.9 Å². The minimum atomic E-state index is -0.760. The first kappa shape index (κ1) is 24.3. The normalized spacial score (nSPS) is 17.1. The highest BCUT2D eigenvalue weighted by molar-refractivity contribution is 5.91. The van der Waals surface area contributed by atoms with Gasteiger partial charge in [-0.15, -0.1) is 0 Å². The molecule has 1 aliphatic heterocycles. The van der Waals surface area contributed by atoms with Crippen LogP contribution < -0.4 is 0 Å². The van der Waals surface area contributed by atoms with Crippen LogP contribution in [0.25, 0.3) is 0 Å². The van der Waals surface area contributed by atoms with E-state index in [1.165, 1.54) is 12.0 Å². The molecule has 176 valence electrons. The number of carbonyl (C=O) groups is 3. The van der Waals surface area contributed by atoms with Crippen molar-refractivity contribution in [1.29, 1.82) is 0 Å². The molecule has 33 heavy (non-hydrogen) atoms. The van der Waals surface area contributed by atoms with Crippen molar-refractivity contribution in [3.05, 3.63) is 71.8 Å². The van der Waals surface area contributed by atoms with Crippen LogP contribution in [0.5, 0.6) is 0 Å². The highest BCUT2D eigenvalue weighted by Gasteiger charge is 2.43. The second kappa shape index (κ2) is 11.5. The fourth-order valence-electron chi connectivity index (χ4n) is 4.10. The molecule has 0 saturated carbocycles. The number of carbonyl (C=O) groups excluding carboxylic acids is 3. The third kappa shape index (κ3) is 6.34. The number of rotatable bonds is 8. The minimum Gasteiger partial charge on any atom is -0.467 e. The molecule has 2 amide bonds. The lowest BCUT2D eigenvalue weighted by Crippen LogP contribution is -2.63. The van der Waals surface area contributed by atoms with Crippen molar-refractivity contribution in [2.24, 2.45) is 5.92 Å². The van der Waals surface area contributed by atoms with E-state index in [0.717, 1.165) is 11.1 Å². The highest BCUT2D eigenvalue weighted by atomic mass is 16.6. The lowest BCUT2D eigenvalue weighted by Gasteiger charge is -2.42. The fourth-order valence-corrected chi connectivity index (χ4v) is 4.10. The standard InChI is InChI=1S/C26H32N2O5/c1-19(2)16-23(25(30)32-3)27-14-15-28(26(31)33-18-21-12-8-5-9-13-21)22(24(27)29)17-20-10-6-4-7-11-20/h4-13,19,22-23H,14-18H2,1-3H3/t22-,23+/m1/s1. The van der Waals surface area contributed by atoms with Gasteiger partial charge in [0.15, 0.2) is 0 Å². The molecule has 1 aliphatic rings. The van der Waals surface area contributed by atoms with Crippen LogP contribution in [0.3, 0.4) is 0 Å². The molecule has 0 N–H and O–H groups in total. The number of esters is 1. The van der Waals surface area contributed by atoms with Gasteiger partial charge in [-0.2, -0.15) is 0 Å². The molecule has 0 radical (unpaired) electrons. The number of nitrogens with zero attached hydrogens (tertiary/aromatic N) is 2. The maximum absolute atomic E-state index is 13.6. The molecular formula is C26H32N2O5. The van der Waals surface area contributed by atoms with Crippen LogP contribution in [0.2, 0.25) is 0 Å². The van der Waals surface area contributed by atoms with Crippen LogP contribution in [-0.4, -0.2) is 60.1 Å². The zero-order valence-corrected chi connectivity index (χ0v) is 19.5. The molecule has 2 atom stereocenters. The quantitative estimate of drug-likeness (QED) is 0.572. The Morgan fingerprint density at radius 2 is 1.58 bits per heavy atom. The number of methoxy groups -OCH3 is 1. The van der Waals surface area contributed by atoms with Gasteiger partial charge in [0.1, 0.15) is 18.7 Å². The van der Waals surface area contributed by atoms with Gasteiger partial charge in [0.05, 0.1) is 7.11 Å². The molecular weight excluding hydrogens is 420 g/mol. The van der Waals surface area contributed by atoms with E-state index in [1.54, 1.807) is 4.90 Å². The topological polar surface area (TPSA) is 76.2 Å². The van der Waals surface area contributed by atoms with Crippen LogP contribution in [0.1, 0.15) is 31.4 Å². The van der Waals surface area contributed by atoms with Crippen molar-refractivity contribution in [2.75, 3.05) is 20.2 Å². The smallest absolute Gasteiger partial charge is 0.410 e. The van der Waals surface area contributed by atoms with E-state index >= 15 is 0 Å². The molecule has 1 heterocycles. The molecule has 2 aromatic rings. The van der Waals surface area contributed by atoms with E-state index < -0.39 is 24.1 Å². The van der Waals surface area contributed by atoms with Crippen LogP contribution in [-0.2, 0) is 32.1 Å². The minimum absolute atomic E-state index is 0.129. The number of hydrogen-bond acceptors (Lipinski definition) is 5. The summed E-state index contributed by atoms with van der Waals surface area (Å²) in [5, 5.41) is 0. The van der Waals surface area contributed by atoms with Crippen LogP contribution in [0.15, 0.2) is 60.7 Å². The summed E-state index contributed by atoms with van der Waals surface area (Å²) < 4.78 is 10.5. The summed E-state index contributed by atoms with van der Waals surface area (Å²) in [6.07, 6.45) is 0.299. The van der Waals surface area contributed by atoms with Gasteiger partial charge in [-0.05, 0) is 23.5 Å². The summed E-state index contributed by atoms with van der Waals surface area (Å²) >= 11 is 0. The van der Waals surface area contributed by atoms with Gasteiger partial charge >= 0.3 is 12.1 Å². The zero-order chi connectivity index (χ0) is 23.8. The van der Waals surface area contributed by atoms with E-state index in [9.17, 15) is 14.4 Å². The maximum Gasteiger partial charge on any atom is 0.410 e. The molecule has 0 bridgehead atoms. The Hall–Kier alpha value is -3.35. The van der Waals surface area contributed by atoms with Crippen molar-refractivity contribution in [3.63, 3.8) is 0 Å². The van der Waals surface area contributed by atoms with Crippen LogP contribution in [0, 0.1) is 5.92 Å². The Morgan fingerprint density at radius 3 is 2.15 bits per heavy atom. The predicted octanol–water partition coefficient (Wildman–Crippen LogP) is 3.67. The molecule has 1 fully saturated rings. The molecule has 3 rings (SSSR count). The van der Waals surface area contributed by atoms with Crippen molar-refractivity contribution >= 4 is 18.0 Å². The Morgan fingerprint density at radius 1 is 0.970 bits per heavy atom. The fraction of sp³-hybridized carbons (Fsp3) is 0.423. The number of ether oxygens (including phenoxy) is 2. The van der Waals surface area contributed by atoms with E-state index in [2.05, 4.69) is 0 Å². The molecule has 0 aromatic heterocycles. The lowest BCUT2D eigenvalue weighted by molar-refractivity contribution is -0.158. The first-order valence-electron chi connectivity index (χ1n) is 11.3.